The van der Waals surface area contributed by atoms with Crippen LogP contribution >= 0.6 is 11.6 Å². The minimum atomic E-state index is -1.26. The molecule has 0 fully saturated rings. The van der Waals surface area contributed by atoms with E-state index in [4.69, 9.17) is 26.6 Å². The third kappa shape index (κ3) is 9.79. The van der Waals surface area contributed by atoms with Crippen molar-refractivity contribution in [1.82, 2.24) is 5.32 Å². The van der Waals surface area contributed by atoms with Crippen LogP contribution in [0.4, 0.5) is 17.1 Å². The van der Waals surface area contributed by atoms with E-state index in [1.54, 1.807) is 25.1 Å². The Kier molecular flexibility index (Phi) is 11.8. The number of amides is 1. The van der Waals surface area contributed by atoms with Crippen molar-refractivity contribution in [3.05, 3.63) is 77.4 Å². The van der Waals surface area contributed by atoms with Crippen molar-refractivity contribution in [3.8, 4) is 0 Å². The lowest BCUT2D eigenvalue weighted by Crippen LogP contribution is -2.24. The van der Waals surface area contributed by atoms with Crippen molar-refractivity contribution >= 4 is 52.5 Å². The van der Waals surface area contributed by atoms with Gasteiger partial charge in [-0.05, 0) is 50.2 Å². The first kappa shape index (κ1) is 29.1. The second-order valence-electron chi connectivity index (χ2n) is 7.51. The monoisotopic (exact) mass is 529 g/mol. The standard InChI is InChI=1S/C22H24ClN3O3.C4H4O4/c1-2-29-21(27)9-5-12-24-13-6-14-26-19-8-4-3-7-18(19)25-22(28)17-11-10-16(23)15-20(17)26;5-3(6)1-2-4(7)8/h3-5,7-11,15,24H,2,6,12-14H2,1H3,(H,25,28);1-2H,(H,5,6)(H,7,8)/b9-5+;2-1-. The van der Waals surface area contributed by atoms with Crippen LogP contribution in [0.25, 0.3) is 0 Å². The molecule has 196 valence electrons. The molecule has 0 aromatic heterocycles. The number of benzene rings is 2. The van der Waals surface area contributed by atoms with E-state index in [0.29, 0.717) is 42.4 Å². The fourth-order valence-electron chi connectivity index (χ4n) is 3.33. The van der Waals surface area contributed by atoms with Crippen molar-refractivity contribution < 1.29 is 34.1 Å². The first-order valence-corrected chi connectivity index (χ1v) is 11.8. The summed E-state index contributed by atoms with van der Waals surface area (Å²) in [5.74, 6) is -2.99. The number of fused-ring (bicyclic) bond motifs is 2. The van der Waals surface area contributed by atoms with Crippen molar-refractivity contribution in [1.29, 1.82) is 0 Å². The number of nitrogens with one attached hydrogen (secondary N) is 2. The van der Waals surface area contributed by atoms with Gasteiger partial charge >= 0.3 is 17.9 Å². The van der Waals surface area contributed by atoms with Crippen LogP contribution in [0.15, 0.2) is 66.8 Å². The summed E-state index contributed by atoms with van der Waals surface area (Å²) in [6.45, 7) is 4.19. The molecule has 0 bridgehead atoms. The second-order valence-corrected chi connectivity index (χ2v) is 7.94. The number of rotatable bonds is 10. The smallest absolute Gasteiger partial charge is 0.330 e. The maximum atomic E-state index is 12.6. The third-order valence-electron chi connectivity index (χ3n) is 4.84. The number of para-hydroxylation sites is 2. The van der Waals surface area contributed by atoms with Gasteiger partial charge in [-0.25, -0.2) is 14.4 Å². The molecular formula is C26H28ClN3O7. The van der Waals surface area contributed by atoms with E-state index < -0.39 is 11.9 Å². The number of esters is 1. The molecular weight excluding hydrogens is 502 g/mol. The highest BCUT2D eigenvalue weighted by Gasteiger charge is 2.24. The zero-order valence-corrected chi connectivity index (χ0v) is 20.9. The maximum absolute atomic E-state index is 12.6. The lowest BCUT2D eigenvalue weighted by molar-refractivity contribution is -0.137. The molecule has 1 aliphatic rings. The zero-order chi connectivity index (χ0) is 27.2. The van der Waals surface area contributed by atoms with Crippen LogP contribution < -0.4 is 15.5 Å². The van der Waals surface area contributed by atoms with E-state index in [1.165, 1.54) is 6.08 Å². The van der Waals surface area contributed by atoms with Crippen LogP contribution in [0.1, 0.15) is 23.7 Å². The molecule has 11 heteroatoms. The Bertz CT molecular complexity index is 1160. The highest BCUT2D eigenvalue weighted by molar-refractivity contribution is 6.31. The Balaban J connectivity index is 0.000000521. The minimum absolute atomic E-state index is 0.145. The first-order valence-electron chi connectivity index (χ1n) is 11.4. The van der Waals surface area contributed by atoms with Gasteiger partial charge in [-0.15, -0.1) is 0 Å². The lowest BCUT2D eigenvalue weighted by Gasteiger charge is -2.26. The molecule has 0 atom stereocenters. The van der Waals surface area contributed by atoms with Crippen LogP contribution in [0, 0.1) is 0 Å². The van der Waals surface area contributed by atoms with E-state index in [-0.39, 0.29) is 11.9 Å². The van der Waals surface area contributed by atoms with Gasteiger partial charge in [-0.2, -0.15) is 0 Å². The summed E-state index contributed by atoms with van der Waals surface area (Å²) in [7, 11) is 0. The van der Waals surface area contributed by atoms with Gasteiger partial charge in [-0.1, -0.05) is 29.8 Å². The average molecular weight is 530 g/mol. The molecule has 0 saturated carbocycles. The number of nitrogens with zero attached hydrogens (tertiary/aromatic N) is 1. The molecule has 37 heavy (non-hydrogen) atoms. The predicted molar refractivity (Wildman–Crippen MR) is 141 cm³/mol. The summed E-state index contributed by atoms with van der Waals surface area (Å²) in [6, 6.07) is 13.0. The second kappa shape index (κ2) is 15.1. The van der Waals surface area contributed by atoms with Gasteiger partial charge in [-0.3, -0.25) is 4.79 Å². The number of carboxylic acids is 2. The van der Waals surface area contributed by atoms with Crippen molar-refractivity contribution in [3.63, 3.8) is 0 Å². The molecule has 0 radical (unpaired) electrons. The van der Waals surface area contributed by atoms with Gasteiger partial charge in [0.2, 0.25) is 0 Å². The molecule has 0 spiro atoms. The summed E-state index contributed by atoms with van der Waals surface area (Å²) < 4.78 is 4.84. The molecule has 0 unspecified atom stereocenters. The number of aliphatic carboxylic acids is 2. The number of hydrogen-bond donors (Lipinski definition) is 4. The minimum Gasteiger partial charge on any atom is -0.478 e. The molecule has 0 aliphatic carbocycles. The van der Waals surface area contributed by atoms with Gasteiger partial charge in [0.05, 0.1) is 29.2 Å². The molecule has 1 heterocycles. The molecule has 1 aliphatic heterocycles. The SMILES string of the molecule is CCOC(=O)/C=C/CNCCCN1c2ccccc2NC(=O)c2ccc(Cl)cc21.O=C(O)/C=C\C(=O)O. The van der Waals surface area contributed by atoms with E-state index in [1.807, 2.05) is 30.3 Å². The molecule has 4 N–H and O–H groups in total. The highest BCUT2D eigenvalue weighted by atomic mass is 35.5. The van der Waals surface area contributed by atoms with E-state index in [0.717, 1.165) is 30.0 Å². The number of carboxylic acid groups (broad SMARTS) is 2. The van der Waals surface area contributed by atoms with Crippen LogP contribution in [0.2, 0.25) is 5.02 Å². The molecule has 2 aromatic rings. The highest BCUT2D eigenvalue weighted by Crippen LogP contribution is 2.38. The van der Waals surface area contributed by atoms with Gasteiger partial charge in [0, 0.05) is 36.3 Å². The summed E-state index contributed by atoms with van der Waals surface area (Å²) in [5, 5.41) is 22.5. The Morgan fingerprint density at radius 3 is 2.43 bits per heavy atom. The predicted octanol–water partition coefficient (Wildman–Crippen LogP) is 3.85. The van der Waals surface area contributed by atoms with Crippen LogP contribution in [0.3, 0.4) is 0 Å². The lowest BCUT2D eigenvalue weighted by atomic mass is 10.1. The molecule has 3 rings (SSSR count). The third-order valence-corrected chi connectivity index (χ3v) is 5.08. The number of halogens is 1. The van der Waals surface area contributed by atoms with E-state index >= 15 is 0 Å². The number of carbonyl (C=O) groups is 4. The quantitative estimate of drug-likeness (QED) is 0.205. The fraction of sp³-hybridized carbons (Fsp3) is 0.231. The van der Waals surface area contributed by atoms with Gasteiger partial charge in [0.15, 0.2) is 0 Å². The van der Waals surface area contributed by atoms with Crippen LogP contribution in [-0.4, -0.2) is 60.3 Å². The molecule has 1 amide bonds. The number of carbonyl (C=O) groups excluding carboxylic acids is 2. The normalized spacial score (nSPS) is 12.2. The summed E-state index contributed by atoms with van der Waals surface area (Å²) >= 11 is 6.22. The van der Waals surface area contributed by atoms with Crippen molar-refractivity contribution in [2.75, 3.05) is 36.5 Å². The summed E-state index contributed by atoms with van der Waals surface area (Å²) in [6.07, 6.45) is 5.13. The van der Waals surface area contributed by atoms with Crippen LogP contribution in [-0.2, 0) is 19.1 Å². The first-order chi connectivity index (χ1) is 17.7. The summed E-state index contributed by atoms with van der Waals surface area (Å²) in [4.78, 5) is 45.1. The zero-order valence-electron chi connectivity index (χ0n) is 20.1. The Morgan fingerprint density at radius 2 is 1.76 bits per heavy atom. The van der Waals surface area contributed by atoms with Crippen molar-refractivity contribution in [2.45, 2.75) is 13.3 Å². The number of anilines is 3. The molecule has 0 saturated heterocycles. The maximum Gasteiger partial charge on any atom is 0.330 e. The van der Waals surface area contributed by atoms with Gasteiger partial charge in [0.1, 0.15) is 0 Å². The Morgan fingerprint density at radius 1 is 1.05 bits per heavy atom. The Hall–Kier alpha value is -4.15. The Labute approximate surface area is 219 Å². The largest absolute Gasteiger partial charge is 0.478 e. The molecule has 2 aromatic carbocycles. The van der Waals surface area contributed by atoms with Crippen LogP contribution in [0.5, 0.6) is 0 Å². The van der Waals surface area contributed by atoms with E-state index in [2.05, 4.69) is 15.5 Å². The summed E-state index contributed by atoms with van der Waals surface area (Å²) in [5.41, 5.74) is 3.09. The van der Waals surface area contributed by atoms with Gasteiger partial charge in [0.25, 0.3) is 5.91 Å². The molecule has 10 nitrogen and oxygen atoms in total. The van der Waals surface area contributed by atoms with E-state index in [9.17, 15) is 19.2 Å². The number of ether oxygens (including phenoxy) is 1. The van der Waals surface area contributed by atoms with Crippen molar-refractivity contribution in [2.24, 2.45) is 0 Å². The fourth-order valence-corrected chi connectivity index (χ4v) is 3.50. The number of hydrogen-bond acceptors (Lipinski definition) is 7. The van der Waals surface area contributed by atoms with Gasteiger partial charge < -0.3 is 30.5 Å². The topological polar surface area (TPSA) is 145 Å². The average Bonchev–Trinajstić information content (AvgIpc) is 2.96.